The van der Waals surface area contributed by atoms with Crippen molar-refractivity contribution in [3.8, 4) is 5.75 Å². The highest BCUT2D eigenvalue weighted by molar-refractivity contribution is 5.97. The number of hydrogen-bond acceptors (Lipinski definition) is 6. The summed E-state index contributed by atoms with van der Waals surface area (Å²) in [5.41, 5.74) is 0.0507. The second kappa shape index (κ2) is 7.73. The van der Waals surface area contributed by atoms with Gasteiger partial charge in [0.15, 0.2) is 5.75 Å². The van der Waals surface area contributed by atoms with Crippen molar-refractivity contribution in [2.75, 3.05) is 39.2 Å². The van der Waals surface area contributed by atoms with Gasteiger partial charge in [-0.3, -0.25) is 19.7 Å². The number of likely N-dealkylation sites (tertiary alicyclic amines) is 1. The smallest absolute Gasteiger partial charge is 0.312 e. The van der Waals surface area contributed by atoms with Crippen LogP contribution < -0.4 is 10.1 Å². The molecule has 9 nitrogen and oxygen atoms in total. The van der Waals surface area contributed by atoms with Crippen LogP contribution in [0.1, 0.15) is 6.42 Å². The van der Waals surface area contributed by atoms with E-state index in [2.05, 4.69) is 5.32 Å². The number of amides is 2. The van der Waals surface area contributed by atoms with Crippen molar-refractivity contribution in [1.82, 2.24) is 4.90 Å². The fourth-order valence-electron chi connectivity index (χ4n) is 2.52. The van der Waals surface area contributed by atoms with Crippen molar-refractivity contribution in [2.45, 2.75) is 6.42 Å². The van der Waals surface area contributed by atoms with E-state index < -0.39 is 10.8 Å². The number of hydrogen-bond donors (Lipinski definition) is 1. The van der Waals surface area contributed by atoms with Crippen LogP contribution in [0.4, 0.5) is 11.4 Å². The maximum absolute atomic E-state index is 12.3. The summed E-state index contributed by atoms with van der Waals surface area (Å²) in [7, 11) is 2.88. The third-order valence-electron chi connectivity index (χ3n) is 3.79. The molecule has 0 aliphatic carbocycles. The van der Waals surface area contributed by atoms with E-state index in [0.717, 1.165) is 0 Å². The largest absolute Gasteiger partial charge is 0.490 e. The van der Waals surface area contributed by atoms with Crippen molar-refractivity contribution in [1.29, 1.82) is 0 Å². The standard InChI is InChI=1S/C15H19N3O6/c1-23-6-5-17-9-10(7-14(17)19)15(20)16-11-3-4-13(24-2)12(8-11)18(21)22/h3-4,8,10H,5-7,9H2,1-2H3,(H,16,20). The molecule has 0 bridgehead atoms. The van der Waals surface area contributed by atoms with Crippen molar-refractivity contribution in [3.63, 3.8) is 0 Å². The molecule has 1 aromatic carbocycles. The molecule has 0 radical (unpaired) electrons. The maximum atomic E-state index is 12.3. The number of nitrogens with zero attached hydrogens (tertiary/aromatic N) is 2. The summed E-state index contributed by atoms with van der Waals surface area (Å²) in [5.74, 6) is -0.828. The van der Waals surface area contributed by atoms with E-state index in [-0.39, 0.29) is 35.4 Å². The zero-order chi connectivity index (χ0) is 17.7. The van der Waals surface area contributed by atoms with Gasteiger partial charge < -0.3 is 19.7 Å². The maximum Gasteiger partial charge on any atom is 0.312 e. The second-order valence-electron chi connectivity index (χ2n) is 5.37. The van der Waals surface area contributed by atoms with E-state index in [1.165, 1.54) is 25.3 Å². The molecule has 1 unspecified atom stereocenters. The Kier molecular flexibility index (Phi) is 5.69. The third kappa shape index (κ3) is 3.99. The molecule has 1 fully saturated rings. The molecule has 1 N–H and O–H groups in total. The minimum Gasteiger partial charge on any atom is -0.490 e. The second-order valence-corrected chi connectivity index (χ2v) is 5.37. The lowest BCUT2D eigenvalue weighted by Gasteiger charge is -2.15. The van der Waals surface area contributed by atoms with Gasteiger partial charge in [-0.2, -0.15) is 0 Å². The molecule has 1 aliphatic rings. The summed E-state index contributed by atoms with van der Waals surface area (Å²) < 4.78 is 9.85. The van der Waals surface area contributed by atoms with Crippen LogP contribution in [0.5, 0.6) is 5.75 Å². The molecular formula is C15H19N3O6. The SMILES string of the molecule is COCCN1CC(C(=O)Nc2ccc(OC)c([N+](=O)[O-])c2)CC1=O. The molecule has 1 aliphatic heterocycles. The molecule has 2 rings (SSSR count). The number of nitro groups is 1. The molecule has 9 heteroatoms. The number of ether oxygens (including phenoxy) is 2. The Hall–Kier alpha value is -2.68. The Labute approximate surface area is 138 Å². The van der Waals surface area contributed by atoms with Gasteiger partial charge in [0, 0.05) is 38.4 Å². The predicted molar refractivity (Wildman–Crippen MR) is 84.8 cm³/mol. The Bertz CT molecular complexity index is 648. The number of carbonyl (C=O) groups is 2. The molecule has 0 saturated carbocycles. The van der Waals surface area contributed by atoms with Crippen LogP contribution in [0, 0.1) is 16.0 Å². The number of rotatable bonds is 7. The zero-order valence-electron chi connectivity index (χ0n) is 13.5. The Morgan fingerprint density at radius 2 is 2.21 bits per heavy atom. The van der Waals surface area contributed by atoms with E-state index in [4.69, 9.17) is 9.47 Å². The predicted octanol–water partition coefficient (Wildman–Crippen LogP) is 1.04. The first kappa shape index (κ1) is 17.7. The van der Waals surface area contributed by atoms with Crippen LogP contribution >= 0.6 is 0 Å². The van der Waals surface area contributed by atoms with E-state index in [9.17, 15) is 19.7 Å². The minimum atomic E-state index is -0.583. The van der Waals surface area contributed by atoms with E-state index >= 15 is 0 Å². The Balaban J connectivity index is 2.04. The van der Waals surface area contributed by atoms with Crippen molar-refractivity contribution >= 4 is 23.2 Å². The highest BCUT2D eigenvalue weighted by Gasteiger charge is 2.34. The molecule has 24 heavy (non-hydrogen) atoms. The molecule has 0 spiro atoms. The minimum absolute atomic E-state index is 0.104. The molecule has 130 valence electrons. The molecular weight excluding hydrogens is 318 g/mol. The summed E-state index contributed by atoms with van der Waals surface area (Å²) >= 11 is 0. The quantitative estimate of drug-likeness (QED) is 0.588. The van der Waals surface area contributed by atoms with Crippen LogP contribution in [0.15, 0.2) is 18.2 Å². The third-order valence-corrected chi connectivity index (χ3v) is 3.79. The normalized spacial score (nSPS) is 17.0. The molecule has 0 aromatic heterocycles. The lowest BCUT2D eigenvalue weighted by atomic mass is 10.1. The fraction of sp³-hybridized carbons (Fsp3) is 0.467. The number of anilines is 1. The number of benzene rings is 1. The zero-order valence-corrected chi connectivity index (χ0v) is 13.5. The topological polar surface area (TPSA) is 111 Å². The van der Waals surface area contributed by atoms with Gasteiger partial charge in [0.25, 0.3) is 0 Å². The van der Waals surface area contributed by atoms with Crippen LogP contribution in [0.25, 0.3) is 0 Å². The van der Waals surface area contributed by atoms with Gasteiger partial charge in [0.05, 0.1) is 24.6 Å². The highest BCUT2D eigenvalue weighted by Crippen LogP contribution is 2.30. The van der Waals surface area contributed by atoms with Crippen molar-refractivity contribution < 1.29 is 24.0 Å². The lowest BCUT2D eigenvalue weighted by molar-refractivity contribution is -0.385. The first-order valence-electron chi connectivity index (χ1n) is 7.36. The Morgan fingerprint density at radius 1 is 1.46 bits per heavy atom. The highest BCUT2D eigenvalue weighted by atomic mass is 16.6. The molecule has 1 atom stereocenters. The summed E-state index contributed by atoms with van der Waals surface area (Å²) in [6, 6.07) is 4.16. The van der Waals surface area contributed by atoms with Gasteiger partial charge in [-0.05, 0) is 12.1 Å². The van der Waals surface area contributed by atoms with Gasteiger partial charge in [-0.25, -0.2) is 0 Å². The van der Waals surface area contributed by atoms with Gasteiger partial charge in [0.2, 0.25) is 11.8 Å². The monoisotopic (exact) mass is 337 g/mol. The average Bonchev–Trinajstić information content (AvgIpc) is 2.93. The van der Waals surface area contributed by atoms with Crippen molar-refractivity contribution in [3.05, 3.63) is 28.3 Å². The summed E-state index contributed by atoms with van der Waals surface area (Å²) in [6.07, 6.45) is 0.119. The lowest BCUT2D eigenvalue weighted by Crippen LogP contribution is -2.30. The first-order valence-corrected chi connectivity index (χ1v) is 7.36. The molecule has 1 aromatic rings. The fourth-order valence-corrected chi connectivity index (χ4v) is 2.52. The number of methoxy groups -OCH3 is 2. The van der Waals surface area contributed by atoms with Crippen LogP contribution in [0.2, 0.25) is 0 Å². The number of nitrogens with one attached hydrogen (secondary N) is 1. The van der Waals surface area contributed by atoms with E-state index in [1.54, 1.807) is 12.0 Å². The Morgan fingerprint density at radius 3 is 2.83 bits per heavy atom. The van der Waals surface area contributed by atoms with Gasteiger partial charge in [0.1, 0.15) is 0 Å². The van der Waals surface area contributed by atoms with Crippen LogP contribution in [-0.2, 0) is 14.3 Å². The van der Waals surface area contributed by atoms with Gasteiger partial charge >= 0.3 is 5.69 Å². The van der Waals surface area contributed by atoms with Crippen LogP contribution in [-0.4, -0.2) is 55.6 Å². The van der Waals surface area contributed by atoms with E-state index in [1.807, 2.05) is 0 Å². The molecule has 1 heterocycles. The summed E-state index contributed by atoms with van der Waals surface area (Å²) in [6.45, 7) is 1.16. The van der Waals surface area contributed by atoms with Gasteiger partial charge in [-0.1, -0.05) is 0 Å². The number of carbonyl (C=O) groups excluding carboxylic acids is 2. The van der Waals surface area contributed by atoms with Gasteiger partial charge in [-0.15, -0.1) is 0 Å². The molecule has 1 saturated heterocycles. The summed E-state index contributed by atoms with van der Waals surface area (Å²) in [5, 5.41) is 13.6. The molecule has 2 amide bonds. The summed E-state index contributed by atoms with van der Waals surface area (Å²) in [4.78, 5) is 36.2. The number of nitro benzene ring substituents is 1. The van der Waals surface area contributed by atoms with Crippen LogP contribution in [0.3, 0.4) is 0 Å². The first-order chi connectivity index (χ1) is 11.5. The van der Waals surface area contributed by atoms with Crippen molar-refractivity contribution in [2.24, 2.45) is 5.92 Å². The average molecular weight is 337 g/mol. The van der Waals surface area contributed by atoms with E-state index in [0.29, 0.717) is 19.7 Å².